The van der Waals surface area contributed by atoms with Crippen molar-refractivity contribution in [3.63, 3.8) is 0 Å². The first-order valence-electron chi connectivity index (χ1n) is 8.16. The molecule has 1 aliphatic rings. The van der Waals surface area contributed by atoms with E-state index in [9.17, 15) is 9.59 Å². The summed E-state index contributed by atoms with van der Waals surface area (Å²) in [5.74, 6) is 0.611. The van der Waals surface area contributed by atoms with E-state index in [4.69, 9.17) is 22.1 Å². The van der Waals surface area contributed by atoms with E-state index in [1.54, 1.807) is 0 Å². The molecule has 1 fully saturated rings. The van der Waals surface area contributed by atoms with Crippen molar-refractivity contribution in [1.29, 1.82) is 0 Å². The Kier molecular flexibility index (Phi) is 7.45. The van der Waals surface area contributed by atoms with Crippen molar-refractivity contribution in [3.05, 3.63) is 16.1 Å². The standard InChI is InChI=1S/C16H24ClN3O3S/c1-11(21)23-7-4-12-2-5-20(6-3-12)16(22)14(18)8-15-19-13(9-17)10-24-15/h10,12,14H,2-9,18H2,1H3/t14-/m0/s1. The topological polar surface area (TPSA) is 85.5 Å². The molecule has 0 spiro atoms. The minimum absolute atomic E-state index is 0.0175. The van der Waals surface area contributed by atoms with E-state index in [1.807, 2.05) is 10.3 Å². The highest BCUT2D eigenvalue weighted by atomic mass is 35.5. The number of aromatic nitrogens is 1. The van der Waals surface area contributed by atoms with Crippen LogP contribution in [0, 0.1) is 5.92 Å². The van der Waals surface area contributed by atoms with Crippen molar-refractivity contribution < 1.29 is 14.3 Å². The number of carbonyl (C=O) groups is 2. The maximum atomic E-state index is 12.5. The Bertz CT molecular complexity index is 559. The number of thiazole rings is 1. The third-order valence-electron chi connectivity index (χ3n) is 4.21. The summed E-state index contributed by atoms with van der Waals surface area (Å²) in [5.41, 5.74) is 6.89. The van der Waals surface area contributed by atoms with Crippen LogP contribution in [0.5, 0.6) is 0 Å². The summed E-state index contributed by atoms with van der Waals surface area (Å²) in [6.07, 6.45) is 3.15. The lowest BCUT2D eigenvalue weighted by Gasteiger charge is -2.33. The Labute approximate surface area is 151 Å². The van der Waals surface area contributed by atoms with Crippen molar-refractivity contribution in [2.45, 2.75) is 44.5 Å². The number of piperidine rings is 1. The second kappa shape index (κ2) is 9.34. The van der Waals surface area contributed by atoms with Crippen molar-refractivity contribution in [2.24, 2.45) is 11.7 Å². The van der Waals surface area contributed by atoms with E-state index < -0.39 is 6.04 Å². The van der Waals surface area contributed by atoms with Gasteiger partial charge in [0.05, 0.1) is 29.2 Å². The Hall–Kier alpha value is -1.18. The highest BCUT2D eigenvalue weighted by Crippen LogP contribution is 2.21. The number of ether oxygens (including phenoxy) is 1. The molecule has 8 heteroatoms. The molecule has 1 saturated heterocycles. The summed E-state index contributed by atoms with van der Waals surface area (Å²) < 4.78 is 4.98. The van der Waals surface area contributed by atoms with Gasteiger partial charge < -0.3 is 15.4 Å². The fraction of sp³-hybridized carbons (Fsp3) is 0.688. The van der Waals surface area contributed by atoms with Gasteiger partial charge >= 0.3 is 5.97 Å². The maximum absolute atomic E-state index is 12.5. The van der Waals surface area contributed by atoms with E-state index in [0.29, 0.717) is 37.9 Å². The zero-order valence-electron chi connectivity index (χ0n) is 13.9. The van der Waals surface area contributed by atoms with Gasteiger partial charge in [-0.05, 0) is 25.2 Å². The molecule has 1 aromatic heterocycles. The summed E-state index contributed by atoms with van der Waals surface area (Å²) in [6.45, 7) is 3.30. The van der Waals surface area contributed by atoms with Crippen LogP contribution in [0.1, 0.15) is 36.9 Å². The van der Waals surface area contributed by atoms with E-state index in [-0.39, 0.29) is 11.9 Å². The van der Waals surface area contributed by atoms with Gasteiger partial charge in [0.15, 0.2) is 0 Å². The Balaban J connectivity index is 1.74. The summed E-state index contributed by atoms with van der Waals surface area (Å²) in [7, 11) is 0. The molecule has 6 nitrogen and oxygen atoms in total. The minimum Gasteiger partial charge on any atom is -0.466 e. The van der Waals surface area contributed by atoms with Gasteiger partial charge in [-0.3, -0.25) is 9.59 Å². The van der Waals surface area contributed by atoms with Crippen LogP contribution in [0.3, 0.4) is 0 Å². The average Bonchev–Trinajstić information content (AvgIpc) is 3.02. The predicted octanol–water partition coefficient (Wildman–Crippen LogP) is 1.94. The summed E-state index contributed by atoms with van der Waals surface area (Å²) in [4.78, 5) is 29.4. The molecule has 0 aromatic carbocycles. The lowest BCUT2D eigenvalue weighted by molar-refractivity contribution is -0.141. The number of nitrogens with two attached hydrogens (primary N) is 1. The summed E-state index contributed by atoms with van der Waals surface area (Å²) in [6, 6.07) is -0.558. The number of halogens is 1. The van der Waals surface area contributed by atoms with E-state index in [2.05, 4.69) is 4.98 Å². The van der Waals surface area contributed by atoms with Gasteiger partial charge in [-0.2, -0.15) is 0 Å². The third-order valence-corrected chi connectivity index (χ3v) is 5.40. The quantitative estimate of drug-likeness (QED) is 0.583. The molecule has 1 amide bonds. The lowest BCUT2D eigenvalue weighted by Crippen LogP contribution is -2.48. The van der Waals surface area contributed by atoms with Crippen molar-refractivity contribution in [2.75, 3.05) is 19.7 Å². The predicted molar refractivity (Wildman–Crippen MR) is 93.9 cm³/mol. The molecule has 2 heterocycles. The van der Waals surface area contributed by atoms with Gasteiger partial charge in [0.1, 0.15) is 0 Å². The maximum Gasteiger partial charge on any atom is 0.302 e. The van der Waals surface area contributed by atoms with Crippen LogP contribution in [0.25, 0.3) is 0 Å². The Morgan fingerprint density at radius 3 is 2.79 bits per heavy atom. The number of nitrogens with zero attached hydrogens (tertiary/aromatic N) is 2. The minimum atomic E-state index is -0.558. The average molecular weight is 374 g/mol. The second-order valence-electron chi connectivity index (χ2n) is 6.07. The smallest absolute Gasteiger partial charge is 0.302 e. The zero-order valence-corrected chi connectivity index (χ0v) is 15.4. The molecule has 0 bridgehead atoms. The molecule has 0 unspecified atom stereocenters. The number of amides is 1. The summed E-state index contributed by atoms with van der Waals surface area (Å²) >= 11 is 7.23. The molecule has 0 saturated carbocycles. The lowest BCUT2D eigenvalue weighted by atomic mass is 9.93. The molecule has 2 N–H and O–H groups in total. The normalized spacial score (nSPS) is 16.9. The van der Waals surface area contributed by atoms with E-state index in [1.165, 1.54) is 18.3 Å². The van der Waals surface area contributed by atoms with Gasteiger partial charge in [0.2, 0.25) is 5.91 Å². The van der Waals surface area contributed by atoms with Crippen molar-refractivity contribution in [3.8, 4) is 0 Å². The van der Waals surface area contributed by atoms with Crippen molar-refractivity contribution in [1.82, 2.24) is 9.88 Å². The first kappa shape index (κ1) is 19.1. The van der Waals surface area contributed by atoms with E-state index >= 15 is 0 Å². The number of esters is 1. The Morgan fingerprint density at radius 2 is 2.21 bits per heavy atom. The molecule has 0 radical (unpaired) electrons. The summed E-state index contributed by atoms with van der Waals surface area (Å²) in [5, 5.41) is 2.75. The fourth-order valence-corrected chi connectivity index (χ4v) is 3.91. The van der Waals surface area contributed by atoms with Crippen LogP contribution in [0.15, 0.2) is 5.38 Å². The highest BCUT2D eigenvalue weighted by Gasteiger charge is 2.27. The number of hydrogen-bond acceptors (Lipinski definition) is 6. The molecule has 1 aliphatic heterocycles. The van der Waals surface area contributed by atoms with Gasteiger partial charge in [-0.15, -0.1) is 22.9 Å². The molecule has 1 atom stereocenters. The Morgan fingerprint density at radius 1 is 1.50 bits per heavy atom. The molecule has 0 aliphatic carbocycles. The largest absolute Gasteiger partial charge is 0.466 e. The van der Waals surface area contributed by atoms with Crippen LogP contribution < -0.4 is 5.73 Å². The highest BCUT2D eigenvalue weighted by molar-refractivity contribution is 7.09. The van der Waals surface area contributed by atoms with E-state index in [0.717, 1.165) is 30.0 Å². The van der Waals surface area contributed by atoms with Gasteiger partial charge in [0, 0.05) is 31.8 Å². The van der Waals surface area contributed by atoms with Crippen LogP contribution >= 0.6 is 22.9 Å². The van der Waals surface area contributed by atoms with Crippen LogP contribution in [0.4, 0.5) is 0 Å². The monoisotopic (exact) mass is 373 g/mol. The van der Waals surface area contributed by atoms with Gasteiger partial charge in [-0.1, -0.05) is 0 Å². The SMILES string of the molecule is CC(=O)OCCC1CCN(C(=O)[C@@H](N)Cc2nc(CCl)cs2)CC1. The molecular weight excluding hydrogens is 350 g/mol. The van der Waals surface area contributed by atoms with Gasteiger partial charge in [0.25, 0.3) is 0 Å². The first-order valence-corrected chi connectivity index (χ1v) is 9.58. The third kappa shape index (κ3) is 5.72. The number of likely N-dealkylation sites (tertiary alicyclic amines) is 1. The van der Waals surface area contributed by atoms with Crippen LogP contribution in [-0.4, -0.2) is 47.5 Å². The molecule has 1 aromatic rings. The number of alkyl halides is 1. The number of carbonyl (C=O) groups excluding carboxylic acids is 2. The van der Waals surface area contributed by atoms with Crippen LogP contribution in [-0.2, 0) is 26.6 Å². The molecular formula is C16H24ClN3O3S. The van der Waals surface area contributed by atoms with Crippen molar-refractivity contribution >= 4 is 34.8 Å². The molecule has 134 valence electrons. The number of rotatable bonds is 7. The second-order valence-corrected chi connectivity index (χ2v) is 7.28. The zero-order chi connectivity index (χ0) is 17.5. The van der Waals surface area contributed by atoms with Crippen LogP contribution in [0.2, 0.25) is 0 Å². The fourth-order valence-electron chi connectivity index (χ4n) is 2.83. The first-order chi connectivity index (χ1) is 11.5. The molecule has 2 rings (SSSR count). The molecule has 24 heavy (non-hydrogen) atoms. The van der Waals surface area contributed by atoms with Gasteiger partial charge in [-0.25, -0.2) is 4.98 Å². The number of hydrogen-bond donors (Lipinski definition) is 1.